The molecule has 0 aliphatic carbocycles. The van der Waals surface area contributed by atoms with Crippen molar-refractivity contribution in [1.82, 2.24) is 15.3 Å². The minimum Gasteiger partial charge on any atom is -0.484 e. The highest BCUT2D eigenvalue weighted by atomic mass is 16.5. The molecule has 2 heterocycles. The Bertz CT molecular complexity index is 1210. The van der Waals surface area contributed by atoms with E-state index in [1.807, 2.05) is 62.4 Å². The van der Waals surface area contributed by atoms with Gasteiger partial charge in [-0.05, 0) is 41.8 Å². The van der Waals surface area contributed by atoms with E-state index in [9.17, 15) is 9.59 Å². The zero-order valence-electron chi connectivity index (χ0n) is 17.0. The lowest BCUT2D eigenvalue weighted by Gasteiger charge is -2.06. The van der Waals surface area contributed by atoms with E-state index in [0.29, 0.717) is 17.0 Å². The van der Waals surface area contributed by atoms with Crippen molar-refractivity contribution in [2.24, 2.45) is 0 Å². The van der Waals surface area contributed by atoms with Crippen LogP contribution in [0.5, 0.6) is 5.75 Å². The molecule has 0 spiro atoms. The van der Waals surface area contributed by atoms with Gasteiger partial charge in [0.2, 0.25) is 0 Å². The lowest BCUT2D eigenvalue weighted by molar-refractivity contribution is -0.123. The van der Waals surface area contributed by atoms with Crippen LogP contribution in [0.2, 0.25) is 0 Å². The average molecular weight is 407 g/mol. The number of benzene rings is 2. The molecule has 0 atom stereocenters. The number of ether oxygens (including phenoxy) is 1. The van der Waals surface area contributed by atoms with Gasteiger partial charge in [-0.3, -0.25) is 9.59 Å². The lowest BCUT2D eigenvalue weighted by Crippen LogP contribution is -2.31. The number of rotatable bonds is 6. The zero-order valence-corrected chi connectivity index (χ0v) is 17.0. The maximum Gasteiger partial charge on any atom is 0.258 e. The van der Waals surface area contributed by atoms with Crippen LogP contribution in [0.3, 0.4) is 0 Å². The van der Waals surface area contributed by atoms with Crippen molar-refractivity contribution in [3.05, 3.63) is 65.0 Å². The molecule has 0 bridgehead atoms. The summed E-state index contributed by atoms with van der Waals surface area (Å²) in [5.74, 6) is 0.247. The summed E-state index contributed by atoms with van der Waals surface area (Å²) < 4.78 is 5.49. The van der Waals surface area contributed by atoms with Gasteiger partial charge in [0.1, 0.15) is 5.75 Å². The predicted molar refractivity (Wildman–Crippen MR) is 119 cm³/mol. The number of fused-ring (bicyclic) bond motifs is 2. The number of carbonyl (C=O) groups is 1. The third-order valence-electron chi connectivity index (χ3n) is 4.44. The molecule has 4 N–H and O–H groups in total. The molecule has 7 heteroatoms. The van der Waals surface area contributed by atoms with E-state index in [0.717, 1.165) is 21.8 Å². The number of aliphatic hydroxyl groups is 1. The molecular weight excluding hydrogens is 382 g/mol. The number of hydrogen-bond acceptors (Lipinski definition) is 4. The molecule has 156 valence electrons. The van der Waals surface area contributed by atoms with E-state index < -0.39 is 0 Å². The normalized spacial score (nSPS) is 10.5. The van der Waals surface area contributed by atoms with E-state index in [2.05, 4.69) is 15.3 Å². The minimum atomic E-state index is -0.299. The number of para-hydroxylation sites is 1. The minimum absolute atomic E-state index is 0.113. The Labute approximate surface area is 173 Å². The molecular formula is C23H25N3O4. The van der Waals surface area contributed by atoms with Crippen molar-refractivity contribution in [3.63, 3.8) is 0 Å². The molecule has 0 saturated carbocycles. The maximum absolute atomic E-state index is 12.5. The quantitative estimate of drug-likeness (QED) is 0.394. The van der Waals surface area contributed by atoms with Gasteiger partial charge < -0.3 is 25.1 Å². The van der Waals surface area contributed by atoms with Crippen LogP contribution in [0.25, 0.3) is 33.1 Å². The van der Waals surface area contributed by atoms with Crippen LogP contribution < -0.4 is 15.6 Å². The fraction of sp³-hybridized carbons (Fsp3) is 0.217. The van der Waals surface area contributed by atoms with Gasteiger partial charge in [-0.15, -0.1) is 0 Å². The molecule has 4 rings (SSSR count). The van der Waals surface area contributed by atoms with Crippen molar-refractivity contribution in [2.75, 3.05) is 19.8 Å². The Kier molecular flexibility index (Phi) is 6.87. The Morgan fingerprint density at radius 3 is 2.57 bits per heavy atom. The number of nitrogens with one attached hydrogen (secondary N) is 3. The number of aliphatic hydroxyl groups excluding tert-OH is 1. The number of hydrogen-bond donors (Lipinski definition) is 4. The predicted octanol–water partition coefficient (Wildman–Crippen LogP) is 3.19. The zero-order chi connectivity index (χ0) is 21.5. The Morgan fingerprint density at radius 2 is 1.77 bits per heavy atom. The van der Waals surface area contributed by atoms with Gasteiger partial charge in [-0.25, -0.2) is 0 Å². The van der Waals surface area contributed by atoms with E-state index in [-0.39, 0.29) is 31.2 Å². The summed E-state index contributed by atoms with van der Waals surface area (Å²) in [6.07, 6.45) is 0. The third-order valence-corrected chi connectivity index (χ3v) is 4.44. The Balaban J connectivity index is 0.00000124. The molecule has 0 aliphatic heterocycles. The largest absolute Gasteiger partial charge is 0.484 e. The average Bonchev–Trinajstić information content (AvgIpc) is 3.20. The van der Waals surface area contributed by atoms with E-state index >= 15 is 0 Å². The first-order valence-electron chi connectivity index (χ1n) is 9.89. The first-order valence-corrected chi connectivity index (χ1v) is 9.89. The number of pyridine rings is 1. The third kappa shape index (κ3) is 4.69. The summed E-state index contributed by atoms with van der Waals surface area (Å²) in [6, 6.07) is 16.8. The van der Waals surface area contributed by atoms with Crippen molar-refractivity contribution >= 4 is 27.7 Å². The van der Waals surface area contributed by atoms with Crippen molar-refractivity contribution in [3.8, 4) is 17.0 Å². The summed E-state index contributed by atoms with van der Waals surface area (Å²) in [5, 5.41) is 13.1. The smallest absolute Gasteiger partial charge is 0.258 e. The van der Waals surface area contributed by atoms with Gasteiger partial charge in [0.05, 0.1) is 17.9 Å². The number of carbonyl (C=O) groups excluding carboxylic acids is 1. The summed E-state index contributed by atoms with van der Waals surface area (Å²) in [5.41, 5.74) is 2.75. The monoisotopic (exact) mass is 407 g/mol. The standard InChI is InChI=1S/C21H19N3O4.C2H6/c25-8-7-22-20(26)12-28-15-5-6-18-14(9-15)11-19(23-18)16-10-13-3-1-2-4-17(13)24-21(16)27;1-2/h1-6,9-11,23,25H,7-8,12H2,(H,22,26)(H,24,27);1-2H3. The molecule has 0 unspecified atom stereocenters. The highest BCUT2D eigenvalue weighted by Gasteiger charge is 2.10. The highest BCUT2D eigenvalue weighted by Crippen LogP contribution is 2.26. The second-order valence-electron chi connectivity index (χ2n) is 6.39. The molecule has 2 aromatic heterocycles. The number of aromatic nitrogens is 2. The summed E-state index contributed by atoms with van der Waals surface area (Å²) >= 11 is 0. The SMILES string of the molecule is CC.O=C(COc1ccc2[nH]c(-c3cc4ccccc4[nH]c3=O)cc2c1)NCCO. The van der Waals surface area contributed by atoms with Crippen LogP contribution in [-0.4, -0.2) is 40.7 Å². The van der Waals surface area contributed by atoms with Crippen LogP contribution in [0, 0.1) is 0 Å². The van der Waals surface area contributed by atoms with Gasteiger partial charge >= 0.3 is 0 Å². The van der Waals surface area contributed by atoms with Gasteiger partial charge in [0.15, 0.2) is 6.61 Å². The molecule has 1 amide bonds. The number of H-pyrrole nitrogens is 2. The van der Waals surface area contributed by atoms with Crippen LogP contribution >= 0.6 is 0 Å². The molecule has 0 radical (unpaired) electrons. The van der Waals surface area contributed by atoms with Crippen LogP contribution in [0.4, 0.5) is 0 Å². The van der Waals surface area contributed by atoms with E-state index in [4.69, 9.17) is 9.84 Å². The first-order chi connectivity index (χ1) is 14.6. The molecule has 0 fully saturated rings. The van der Waals surface area contributed by atoms with Gasteiger partial charge in [-0.1, -0.05) is 32.0 Å². The molecule has 0 saturated heterocycles. The fourth-order valence-electron chi connectivity index (χ4n) is 3.09. The topological polar surface area (TPSA) is 107 Å². The lowest BCUT2D eigenvalue weighted by atomic mass is 10.1. The van der Waals surface area contributed by atoms with Crippen LogP contribution in [0.1, 0.15) is 13.8 Å². The Hall–Kier alpha value is -3.58. The van der Waals surface area contributed by atoms with E-state index in [1.165, 1.54) is 0 Å². The summed E-state index contributed by atoms with van der Waals surface area (Å²) in [4.78, 5) is 30.2. The number of aromatic amines is 2. The first kappa shape index (κ1) is 21.1. The second kappa shape index (κ2) is 9.76. The second-order valence-corrected chi connectivity index (χ2v) is 6.39. The summed E-state index contributed by atoms with van der Waals surface area (Å²) in [6.45, 7) is 3.95. The molecule has 4 aromatic rings. The van der Waals surface area contributed by atoms with Crippen LogP contribution in [0.15, 0.2) is 59.4 Å². The number of amides is 1. The van der Waals surface area contributed by atoms with Crippen molar-refractivity contribution < 1.29 is 14.6 Å². The fourth-order valence-corrected chi connectivity index (χ4v) is 3.09. The molecule has 2 aromatic carbocycles. The van der Waals surface area contributed by atoms with E-state index in [1.54, 1.807) is 6.07 Å². The molecule has 30 heavy (non-hydrogen) atoms. The summed E-state index contributed by atoms with van der Waals surface area (Å²) in [7, 11) is 0. The van der Waals surface area contributed by atoms with Crippen molar-refractivity contribution in [2.45, 2.75) is 13.8 Å². The maximum atomic E-state index is 12.5. The van der Waals surface area contributed by atoms with Crippen molar-refractivity contribution in [1.29, 1.82) is 0 Å². The van der Waals surface area contributed by atoms with Gasteiger partial charge in [0, 0.05) is 23.0 Å². The highest BCUT2D eigenvalue weighted by molar-refractivity contribution is 5.89. The molecule has 0 aliphatic rings. The van der Waals surface area contributed by atoms with Gasteiger partial charge in [-0.2, -0.15) is 0 Å². The van der Waals surface area contributed by atoms with Gasteiger partial charge in [0.25, 0.3) is 11.5 Å². The molecule has 7 nitrogen and oxygen atoms in total. The van der Waals surface area contributed by atoms with Crippen LogP contribution in [-0.2, 0) is 4.79 Å². The Morgan fingerprint density at radius 1 is 1.00 bits per heavy atom.